The van der Waals surface area contributed by atoms with E-state index in [0.29, 0.717) is 22.6 Å². The lowest BCUT2D eigenvalue weighted by atomic mass is 10.0. The van der Waals surface area contributed by atoms with Gasteiger partial charge >= 0.3 is 5.97 Å². The molecule has 1 heterocycles. The fourth-order valence-corrected chi connectivity index (χ4v) is 3.31. The highest BCUT2D eigenvalue weighted by Gasteiger charge is 2.30. The van der Waals surface area contributed by atoms with E-state index in [-0.39, 0.29) is 18.0 Å². The zero-order valence-corrected chi connectivity index (χ0v) is 16.7. The van der Waals surface area contributed by atoms with E-state index in [4.69, 9.17) is 14.2 Å². The largest absolute Gasteiger partial charge is 0.497 e. The number of methoxy groups -OCH3 is 1. The van der Waals surface area contributed by atoms with Crippen molar-refractivity contribution >= 4 is 17.8 Å². The molecule has 1 aliphatic rings. The highest BCUT2D eigenvalue weighted by Crippen LogP contribution is 2.37. The monoisotopic (exact) mass is 400 g/mol. The summed E-state index contributed by atoms with van der Waals surface area (Å²) in [5, 5.41) is 0. The van der Waals surface area contributed by atoms with Crippen LogP contribution in [0.5, 0.6) is 17.2 Å². The molecule has 3 aromatic carbocycles. The summed E-state index contributed by atoms with van der Waals surface area (Å²) in [6, 6.07) is 20.0. The van der Waals surface area contributed by atoms with Crippen molar-refractivity contribution in [1.29, 1.82) is 0 Å². The Morgan fingerprint density at radius 2 is 1.73 bits per heavy atom. The van der Waals surface area contributed by atoms with Gasteiger partial charge in [0.05, 0.1) is 19.1 Å². The van der Waals surface area contributed by atoms with Gasteiger partial charge in [-0.05, 0) is 47.9 Å². The van der Waals surface area contributed by atoms with Gasteiger partial charge in [0.2, 0.25) is 5.78 Å². The van der Waals surface area contributed by atoms with E-state index in [2.05, 4.69) is 0 Å². The number of carbonyl (C=O) groups excluding carboxylic acids is 2. The van der Waals surface area contributed by atoms with Crippen LogP contribution >= 0.6 is 0 Å². The molecular weight excluding hydrogens is 380 g/mol. The lowest BCUT2D eigenvalue weighted by Crippen LogP contribution is -2.11. The summed E-state index contributed by atoms with van der Waals surface area (Å²) < 4.78 is 16.4. The number of aryl methyl sites for hydroxylation is 1. The molecule has 0 N–H and O–H groups in total. The van der Waals surface area contributed by atoms with Gasteiger partial charge in [0.25, 0.3) is 0 Å². The second kappa shape index (κ2) is 8.25. The van der Waals surface area contributed by atoms with E-state index in [1.54, 1.807) is 44.4 Å². The smallest absolute Gasteiger partial charge is 0.315 e. The van der Waals surface area contributed by atoms with Crippen LogP contribution in [0.2, 0.25) is 0 Å². The average molecular weight is 400 g/mol. The molecule has 150 valence electrons. The Morgan fingerprint density at radius 3 is 2.43 bits per heavy atom. The van der Waals surface area contributed by atoms with Crippen molar-refractivity contribution in [3.05, 3.63) is 94.7 Å². The molecule has 30 heavy (non-hydrogen) atoms. The summed E-state index contributed by atoms with van der Waals surface area (Å²) in [6.07, 6.45) is 1.83. The predicted octanol–water partition coefficient (Wildman–Crippen LogP) is 4.77. The van der Waals surface area contributed by atoms with Gasteiger partial charge in [-0.25, -0.2) is 0 Å². The van der Waals surface area contributed by atoms with Crippen LogP contribution in [0, 0.1) is 6.92 Å². The minimum atomic E-state index is -0.399. The Kier molecular flexibility index (Phi) is 5.35. The Bertz CT molecular complexity index is 1130. The van der Waals surface area contributed by atoms with Crippen LogP contribution in [0.15, 0.2) is 72.5 Å². The van der Waals surface area contributed by atoms with Gasteiger partial charge in [0, 0.05) is 6.07 Å². The van der Waals surface area contributed by atoms with E-state index in [1.807, 2.05) is 42.5 Å². The number of benzene rings is 3. The Morgan fingerprint density at radius 1 is 1.00 bits per heavy atom. The molecule has 0 bridgehead atoms. The highest BCUT2D eigenvalue weighted by molar-refractivity contribution is 6.15. The van der Waals surface area contributed by atoms with Crippen molar-refractivity contribution in [3.63, 3.8) is 0 Å². The molecule has 0 amide bonds. The maximum Gasteiger partial charge on any atom is 0.315 e. The maximum absolute atomic E-state index is 12.7. The van der Waals surface area contributed by atoms with Gasteiger partial charge in [0.1, 0.15) is 17.2 Å². The van der Waals surface area contributed by atoms with Crippen LogP contribution in [-0.2, 0) is 11.2 Å². The number of rotatable bonds is 5. The number of carbonyl (C=O) groups is 2. The number of esters is 1. The molecule has 4 rings (SSSR count). The van der Waals surface area contributed by atoms with Crippen LogP contribution in [0.3, 0.4) is 0 Å². The van der Waals surface area contributed by atoms with Gasteiger partial charge in [-0.3, -0.25) is 9.59 Å². The second-order valence-electron chi connectivity index (χ2n) is 6.96. The Labute approximate surface area is 174 Å². The summed E-state index contributed by atoms with van der Waals surface area (Å²) in [5.41, 5.74) is 2.88. The third-order valence-electron chi connectivity index (χ3n) is 4.78. The number of allylic oxidation sites excluding steroid dienone is 1. The fourth-order valence-electron chi connectivity index (χ4n) is 3.31. The van der Waals surface area contributed by atoms with Gasteiger partial charge < -0.3 is 14.2 Å². The fraction of sp³-hybridized carbons (Fsp3) is 0.120. The number of ether oxygens (including phenoxy) is 3. The van der Waals surface area contributed by atoms with E-state index in [0.717, 1.165) is 16.9 Å². The summed E-state index contributed by atoms with van der Waals surface area (Å²) in [5.74, 6) is 1.14. The van der Waals surface area contributed by atoms with Crippen molar-refractivity contribution < 1.29 is 23.8 Å². The molecule has 0 fully saturated rings. The first kappa shape index (κ1) is 19.5. The molecule has 1 aliphatic heterocycles. The molecule has 5 heteroatoms. The minimum absolute atomic E-state index is 0.124. The van der Waals surface area contributed by atoms with Gasteiger partial charge in [-0.15, -0.1) is 0 Å². The lowest BCUT2D eigenvalue weighted by molar-refractivity contribution is -0.133. The standard InChI is InChI=1S/C25H20O5/c1-16-12-20(29-23(26)14-18-8-10-19(28-2)11-9-18)15-21-24(16)25(27)22(30-21)13-17-6-4-3-5-7-17/h3-13,15H,14H2,1-2H3/b22-13-. The van der Waals surface area contributed by atoms with Crippen molar-refractivity contribution in [1.82, 2.24) is 0 Å². The predicted molar refractivity (Wildman–Crippen MR) is 113 cm³/mol. The zero-order valence-electron chi connectivity index (χ0n) is 16.7. The minimum Gasteiger partial charge on any atom is -0.497 e. The Hall–Kier alpha value is -3.86. The first-order valence-corrected chi connectivity index (χ1v) is 9.51. The van der Waals surface area contributed by atoms with Crippen molar-refractivity contribution in [2.45, 2.75) is 13.3 Å². The van der Waals surface area contributed by atoms with Crippen molar-refractivity contribution in [3.8, 4) is 17.2 Å². The Balaban J connectivity index is 1.50. The second-order valence-corrected chi connectivity index (χ2v) is 6.96. The average Bonchev–Trinajstić information content (AvgIpc) is 3.04. The molecule has 0 spiro atoms. The third-order valence-corrected chi connectivity index (χ3v) is 4.78. The van der Waals surface area contributed by atoms with Gasteiger partial charge in [-0.1, -0.05) is 42.5 Å². The van der Waals surface area contributed by atoms with Crippen molar-refractivity contribution in [2.75, 3.05) is 7.11 Å². The molecule has 0 saturated heterocycles. The normalized spacial score (nSPS) is 13.7. The van der Waals surface area contributed by atoms with E-state index in [9.17, 15) is 9.59 Å². The van der Waals surface area contributed by atoms with Crippen LogP contribution in [-0.4, -0.2) is 18.9 Å². The molecule has 0 unspecified atom stereocenters. The van der Waals surface area contributed by atoms with Crippen LogP contribution in [0.1, 0.15) is 27.0 Å². The molecule has 0 saturated carbocycles. The first-order chi connectivity index (χ1) is 14.5. The summed E-state index contributed by atoms with van der Waals surface area (Å²) in [7, 11) is 1.59. The van der Waals surface area contributed by atoms with E-state index < -0.39 is 5.97 Å². The number of Topliss-reactive ketones (excluding diaryl/α,β-unsaturated/α-hetero) is 1. The summed E-state index contributed by atoms with van der Waals surface area (Å²) >= 11 is 0. The molecule has 3 aromatic rings. The zero-order chi connectivity index (χ0) is 21.1. The highest BCUT2D eigenvalue weighted by atomic mass is 16.5. The van der Waals surface area contributed by atoms with Crippen LogP contribution in [0.4, 0.5) is 0 Å². The first-order valence-electron chi connectivity index (χ1n) is 9.51. The molecule has 0 atom stereocenters. The van der Waals surface area contributed by atoms with Gasteiger partial charge in [-0.2, -0.15) is 0 Å². The van der Waals surface area contributed by atoms with Gasteiger partial charge in [0.15, 0.2) is 5.76 Å². The maximum atomic E-state index is 12.7. The summed E-state index contributed by atoms with van der Waals surface area (Å²) in [6.45, 7) is 1.80. The summed E-state index contributed by atoms with van der Waals surface area (Å²) in [4.78, 5) is 25.1. The quantitative estimate of drug-likeness (QED) is 0.351. The lowest BCUT2D eigenvalue weighted by Gasteiger charge is -2.08. The third kappa shape index (κ3) is 4.10. The van der Waals surface area contributed by atoms with Crippen molar-refractivity contribution in [2.24, 2.45) is 0 Å². The molecule has 0 aliphatic carbocycles. The van der Waals surface area contributed by atoms with Crippen LogP contribution in [0.25, 0.3) is 6.08 Å². The number of hydrogen-bond acceptors (Lipinski definition) is 5. The molecular formula is C25H20O5. The molecule has 0 radical (unpaired) electrons. The van der Waals surface area contributed by atoms with Crippen LogP contribution < -0.4 is 14.2 Å². The molecule has 0 aromatic heterocycles. The van der Waals surface area contributed by atoms with E-state index in [1.165, 1.54) is 0 Å². The topological polar surface area (TPSA) is 61.8 Å². The van der Waals surface area contributed by atoms with E-state index >= 15 is 0 Å². The molecule has 5 nitrogen and oxygen atoms in total. The number of ketones is 1. The SMILES string of the molecule is COc1ccc(CC(=O)Oc2cc(C)c3c(c2)O/C(=C\c2ccccc2)C3=O)cc1. The number of fused-ring (bicyclic) bond motifs is 1. The number of hydrogen-bond donors (Lipinski definition) is 0.